The summed E-state index contributed by atoms with van der Waals surface area (Å²) in [5, 5.41) is 3.80. The maximum Gasteiger partial charge on any atom is 0.137 e. The second-order valence-corrected chi connectivity index (χ2v) is 7.09. The van der Waals surface area contributed by atoms with E-state index in [9.17, 15) is 0 Å². The third-order valence-corrected chi connectivity index (χ3v) is 5.71. The van der Waals surface area contributed by atoms with Crippen LogP contribution in [0.25, 0.3) is 0 Å². The third-order valence-electron chi connectivity index (χ3n) is 4.39. The summed E-state index contributed by atoms with van der Waals surface area (Å²) < 4.78 is 0. The van der Waals surface area contributed by atoms with Gasteiger partial charge >= 0.3 is 0 Å². The van der Waals surface area contributed by atoms with Crippen molar-refractivity contribution < 1.29 is 0 Å². The fraction of sp³-hybridized carbons (Fsp3) is 0.562. The van der Waals surface area contributed by atoms with Crippen molar-refractivity contribution in [2.75, 3.05) is 31.1 Å². The van der Waals surface area contributed by atoms with E-state index in [1.54, 1.807) is 11.3 Å². The molecule has 1 unspecified atom stereocenters. The van der Waals surface area contributed by atoms with Crippen molar-refractivity contribution in [2.45, 2.75) is 33.2 Å². The van der Waals surface area contributed by atoms with E-state index in [1.165, 1.54) is 5.01 Å². The summed E-state index contributed by atoms with van der Waals surface area (Å²) in [4.78, 5) is 18.3. The molecule has 0 bridgehead atoms. The molecule has 0 aliphatic carbocycles. The van der Waals surface area contributed by atoms with E-state index in [-0.39, 0.29) is 0 Å². The fourth-order valence-electron chi connectivity index (χ4n) is 2.90. The monoisotopic (exact) mass is 351 g/mol. The number of hydrogen-bond donors (Lipinski definition) is 0. The zero-order chi connectivity index (χ0) is 16.4. The van der Waals surface area contributed by atoms with Gasteiger partial charge in [0.05, 0.1) is 6.04 Å². The van der Waals surface area contributed by atoms with Crippen LogP contribution in [0.1, 0.15) is 36.3 Å². The Morgan fingerprint density at radius 1 is 1.26 bits per heavy atom. The molecule has 5 nitrogen and oxygen atoms in total. The number of aromatic nitrogens is 3. The highest BCUT2D eigenvalue weighted by Gasteiger charge is 2.25. The van der Waals surface area contributed by atoms with Crippen LogP contribution in [-0.2, 0) is 6.42 Å². The fourth-order valence-corrected chi connectivity index (χ4v) is 3.82. The summed E-state index contributed by atoms with van der Waals surface area (Å²) in [5.74, 6) is 1.80. The molecule has 1 saturated heterocycles. The van der Waals surface area contributed by atoms with Gasteiger partial charge in [0.15, 0.2) is 0 Å². The Hall–Kier alpha value is -1.24. The normalized spacial score (nSPS) is 17.5. The first kappa shape index (κ1) is 16.6. The quantitative estimate of drug-likeness (QED) is 0.790. The van der Waals surface area contributed by atoms with Crippen LogP contribution in [-0.4, -0.2) is 46.0 Å². The Labute approximate surface area is 146 Å². The molecular formula is C16H22ClN5S. The third kappa shape index (κ3) is 3.49. The molecule has 3 heterocycles. The number of nitrogens with zero attached hydrogens (tertiary/aromatic N) is 5. The molecule has 0 radical (unpaired) electrons. The second kappa shape index (κ2) is 7.11. The lowest BCUT2D eigenvalue weighted by Gasteiger charge is -2.38. The van der Waals surface area contributed by atoms with Gasteiger partial charge in [-0.15, -0.1) is 11.3 Å². The first-order valence-corrected chi connectivity index (χ1v) is 9.27. The molecular weight excluding hydrogens is 330 g/mol. The average Bonchev–Trinajstić information content (AvgIpc) is 3.11. The summed E-state index contributed by atoms with van der Waals surface area (Å²) in [6.45, 7) is 10.2. The molecule has 23 heavy (non-hydrogen) atoms. The second-order valence-electron chi connectivity index (χ2n) is 5.80. The van der Waals surface area contributed by atoms with Crippen molar-refractivity contribution in [3.05, 3.63) is 33.1 Å². The highest BCUT2D eigenvalue weighted by molar-refractivity contribution is 7.09. The van der Waals surface area contributed by atoms with Crippen LogP contribution >= 0.6 is 22.9 Å². The maximum atomic E-state index is 6.27. The number of thiazole rings is 1. The summed E-state index contributed by atoms with van der Waals surface area (Å²) in [6.07, 6.45) is 2.68. The zero-order valence-electron chi connectivity index (χ0n) is 13.8. The standard InChI is InChI=1S/C16H22ClN5S/c1-4-13-19-14(17)11(2)15(20-13)22-8-6-21(7-9-22)12(3)16-18-5-10-23-16/h5,10,12H,4,6-9H2,1-3H3. The number of anilines is 1. The van der Waals surface area contributed by atoms with Gasteiger partial charge in [-0.25, -0.2) is 15.0 Å². The topological polar surface area (TPSA) is 45.2 Å². The lowest BCUT2D eigenvalue weighted by atomic mass is 10.2. The minimum Gasteiger partial charge on any atom is -0.354 e. The molecule has 1 aliphatic heterocycles. The van der Waals surface area contributed by atoms with E-state index < -0.39 is 0 Å². The Kier molecular flexibility index (Phi) is 5.14. The van der Waals surface area contributed by atoms with Crippen LogP contribution in [0.2, 0.25) is 5.15 Å². The van der Waals surface area contributed by atoms with Crippen molar-refractivity contribution in [2.24, 2.45) is 0 Å². The van der Waals surface area contributed by atoms with Crippen LogP contribution in [0.5, 0.6) is 0 Å². The number of aryl methyl sites for hydroxylation is 1. The molecule has 1 atom stereocenters. The van der Waals surface area contributed by atoms with Gasteiger partial charge in [0, 0.05) is 49.7 Å². The number of hydrogen-bond acceptors (Lipinski definition) is 6. The Balaban J connectivity index is 1.71. The summed E-state index contributed by atoms with van der Waals surface area (Å²) in [7, 11) is 0. The van der Waals surface area contributed by atoms with Crippen molar-refractivity contribution >= 4 is 28.8 Å². The van der Waals surface area contributed by atoms with Gasteiger partial charge in [-0.1, -0.05) is 18.5 Å². The summed E-state index contributed by atoms with van der Waals surface area (Å²) in [6, 6.07) is 0.374. The van der Waals surface area contributed by atoms with Gasteiger partial charge < -0.3 is 4.90 Å². The van der Waals surface area contributed by atoms with Crippen molar-refractivity contribution in [1.29, 1.82) is 0 Å². The predicted molar refractivity (Wildman–Crippen MR) is 95.5 cm³/mol. The molecule has 1 aliphatic rings. The SMILES string of the molecule is CCc1nc(Cl)c(C)c(N2CCN(C(C)c3nccs3)CC2)n1. The molecule has 0 spiro atoms. The number of rotatable bonds is 4. The van der Waals surface area contributed by atoms with E-state index >= 15 is 0 Å². The van der Waals surface area contributed by atoms with E-state index in [0.717, 1.165) is 49.8 Å². The first-order chi connectivity index (χ1) is 11.1. The smallest absolute Gasteiger partial charge is 0.137 e. The molecule has 0 amide bonds. The zero-order valence-corrected chi connectivity index (χ0v) is 15.4. The minimum atomic E-state index is 0.374. The van der Waals surface area contributed by atoms with Crippen molar-refractivity contribution in [3.8, 4) is 0 Å². The first-order valence-electron chi connectivity index (χ1n) is 8.01. The molecule has 124 valence electrons. The highest BCUT2D eigenvalue weighted by Crippen LogP contribution is 2.27. The molecule has 0 N–H and O–H groups in total. The Morgan fingerprint density at radius 3 is 2.61 bits per heavy atom. The van der Waals surface area contributed by atoms with Gasteiger partial charge in [-0.05, 0) is 13.8 Å². The number of halogens is 1. The molecule has 1 fully saturated rings. The lowest BCUT2D eigenvalue weighted by molar-refractivity contribution is 0.198. The summed E-state index contributed by atoms with van der Waals surface area (Å²) >= 11 is 8.00. The van der Waals surface area contributed by atoms with Gasteiger partial charge in [0.25, 0.3) is 0 Å². The van der Waals surface area contributed by atoms with E-state index in [4.69, 9.17) is 16.6 Å². The lowest BCUT2D eigenvalue weighted by Crippen LogP contribution is -2.47. The number of piperazine rings is 1. The van der Waals surface area contributed by atoms with Crippen molar-refractivity contribution in [3.63, 3.8) is 0 Å². The largest absolute Gasteiger partial charge is 0.354 e. The molecule has 0 aromatic carbocycles. The van der Waals surface area contributed by atoms with Gasteiger partial charge in [-0.3, -0.25) is 4.90 Å². The van der Waals surface area contributed by atoms with Crippen LogP contribution in [0, 0.1) is 6.92 Å². The molecule has 3 rings (SSSR count). The van der Waals surface area contributed by atoms with Crippen LogP contribution < -0.4 is 4.90 Å². The van der Waals surface area contributed by atoms with Crippen LogP contribution in [0.3, 0.4) is 0 Å². The predicted octanol–water partition coefficient (Wildman–Crippen LogP) is 3.34. The van der Waals surface area contributed by atoms with E-state index in [2.05, 4.69) is 33.6 Å². The Bertz CT molecular complexity index is 653. The Morgan fingerprint density at radius 2 is 2.00 bits per heavy atom. The highest BCUT2D eigenvalue weighted by atomic mass is 35.5. The molecule has 2 aromatic heterocycles. The van der Waals surface area contributed by atoms with Gasteiger partial charge in [0.2, 0.25) is 0 Å². The summed E-state index contributed by atoms with van der Waals surface area (Å²) in [5.41, 5.74) is 0.977. The molecule has 2 aromatic rings. The maximum absolute atomic E-state index is 6.27. The minimum absolute atomic E-state index is 0.374. The van der Waals surface area contributed by atoms with Crippen molar-refractivity contribution in [1.82, 2.24) is 19.9 Å². The van der Waals surface area contributed by atoms with Gasteiger partial charge in [-0.2, -0.15) is 0 Å². The van der Waals surface area contributed by atoms with E-state index in [1.807, 2.05) is 18.5 Å². The van der Waals surface area contributed by atoms with Crippen LogP contribution in [0.4, 0.5) is 5.82 Å². The van der Waals surface area contributed by atoms with Crippen LogP contribution in [0.15, 0.2) is 11.6 Å². The molecule has 0 saturated carbocycles. The van der Waals surface area contributed by atoms with Gasteiger partial charge in [0.1, 0.15) is 21.8 Å². The van der Waals surface area contributed by atoms with E-state index in [0.29, 0.717) is 11.2 Å². The molecule has 7 heteroatoms. The average molecular weight is 352 g/mol.